The number of para-hydroxylation sites is 1. The van der Waals surface area contributed by atoms with Crippen molar-refractivity contribution in [3.05, 3.63) is 91.7 Å². The summed E-state index contributed by atoms with van der Waals surface area (Å²) < 4.78 is 16.3. The van der Waals surface area contributed by atoms with Crippen molar-refractivity contribution in [2.75, 3.05) is 5.32 Å². The summed E-state index contributed by atoms with van der Waals surface area (Å²) >= 11 is 1.19. The first kappa shape index (κ1) is 19.8. The third kappa shape index (κ3) is 3.46. The molecule has 2 heterocycles. The fourth-order valence-electron chi connectivity index (χ4n) is 3.28. The first-order chi connectivity index (χ1) is 14.4. The maximum Gasteiger partial charge on any atom is 0.336 e. The number of nitrogens with one attached hydrogen (secondary N) is 1. The highest BCUT2D eigenvalue weighted by molar-refractivity contribution is 7.17. The Morgan fingerprint density at radius 3 is 2.57 bits per heavy atom. The average Bonchev–Trinajstić information content (AvgIpc) is 3.20. The minimum Gasteiger partial charge on any atom is -0.324 e. The van der Waals surface area contributed by atoms with Crippen LogP contribution in [0.15, 0.2) is 63.5 Å². The van der Waals surface area contributed by atoms with Crippen LogP contribution in [0.1, 0.15) is 11.1 Å². The fraction of sp³-hybridized carbons (Fsp3) is 0.136. The lowest BCUT2D eigenvalue weighted by atomic mass is 10.2. The molecule has 0 spiro atoms. The molecule has 0 aliphatic carbocycles. The predicted octanol–water partition coefficient (Wildman–Crippen LogP) is 3.61. The molecule has 0 aliphatic heterocycles. The van der Waals surface area contributed by atoms with Gasteiger partial charge >= 0.3 is 5.69 Å². The lowest BCUT2D eigenvalue weighted by Crippen LogP contribution is -2.40. The van der Waals surface area contributed by atoms with Crippen LogP contribution < -0.4 is 16.6 Å². The second-order valence-electron chi connectivity index (χ2n) is 6.94. The fourth-order valence-corrected chi connectivity index (χ4v) is 4.11. The van der Waals surface area contributed by atoms with Gasteiger partial charge in [-0.15, -0.1) is 11.3 Å². The number of hydrogen-bond donors (Lipinski definition) is 1. The number of halogens is 1. The van der Waals surface area contributed by atoms with Crippen LogP contribution in [0.5, 0.6) is 0 Å². The largest absolute Gasteiger partial charge is 0.336 e. The number of amides is 1. The molecule has 0 unspecified atom stereocenters. The van der Waals surface area contributed by atoms with E-state index in [0.717, 1.165) is 10.1 Å². The molecule has 0 radical (unpaired) electrons. The molecule has 4 aromatic rings. The van der Waals surface area contributed by atoms with E-state index in [0.29, 0.717) is 21.5 Å². The highest BCUT2D eigenvalue weighted by Crippen LogP contribution is 2.18. The van der Waals surface area contributed by atoms with Crippen LogP contribution in [0.2, 0.25) is 0 Å². The number of hydrogen-bond acceptors (Lipinski definition) is 4. The van der Waals surface area contributed by atoms with E-state index in [-0.39, 0.29) is 18.1 Å². The minimum atomic E-state index is -0.656. The first-order valence-corrected chi connectivity index (χ1v) is 10.1. The summed E-state index contributed by atoms with van der Waals surface area (Å²) in [6.07, 6.45) is 0. The van der Waals surface area contributed by atoms with Gasteiger partial charge in [0.05, 0.1) is 11.2 Å². The molecule has 2 aromatic heterocycles. The molecule has 4 rings (SSSR count). The van der Waals surface area contributed by atoms with Gasteiger partial charge in [0, 0.05) is 5.69 Å². The highest BCUT2D eigenvalue weighted by atomic mass is 32.1. The zero-order valence-electron chi connectivity index (χ0n) is 16.3. The van der Waals surface area contributed by atoms with E-state index in [1.54, 1.807) is 24.4 Å². The smallest absolute Gasteiger partial charge is 0.324 e. The van der Waals surface area contributed by atoms with Crippen molar-refractivity contribution in [1.29, 1.82) is 0 Å². The maximum absolute atomic E-state index is 13.7. The Morgan fingerprint density at radius 2 is 1.83 bits per heavy atom. The Balaban J connectivity index is 1.82. The standard InChI is InChI=1S/C22H18FN3O3S/c1-13-5-3-4-6-17(13)24-19(27)12-25-18-9-10-30-20(18)21(28)26(22(25)29)15-7-8-16(23)14(2)11-15/h3-11H,12H2,1-2H3,(H,24,27). The number of carbonyl (C=O) groups excluding carboxylic acids is 1. The molecule has 0 fully saturated rings. The molecular formula is C22H18FN3O3S. The van der Waals surface area contributed by atoms with Crippen molar-refractivity contribution < 1.29 is 9.18 Å². The molecule has 30 heavy (non-hydrogen) atoms. The van der Waals surface area contributed by atoms with Crippen LogP contribution in [0.4, 0.5) is 10.1 Å². The summed E-state index contributed by atoms with van der Waals surface area (Å²) in [5.74, 6) is -0.818. The van der Waals surface area contributed by atoms with E-state index in [1.165, 1.54) is 34.1 Å². The lowest BCUT2D eigenvalue weighted by molar-refractivity contribution is -0.116. The van der Waals surface area contributed by atoms with Gasteiger partial charge in [-0.2, -0.15) is 0 Å². The third-order valence-corrected chi connectivity index (χ3v) is 5.77. The predicted molar refractivity (Wildman–Crippen MR) is 116 cm³/mol. The lowest BCUT2D eigenvalue weighted by Gasteiger charge is -2.13. The van der Waals surface area contributed by atoms with Crippen LogP contribution in [0.25, 0.3) is 15.9 Å². The van der Waals surface area contributed by atoms with E-state index in [4.69, 9.17) is 0 Å². The topological polar surface area (TPSA) is 73.1 Å². The maximum atomic E-state index is 13.7. The molecule has 0 aliphatic rings. The van der Waals surface area contributed by atoms with E-state index in [9.17, 15) is 18.8 Å². The van der Waals surface area contributed by atoms with Crippen molar-refractivity contribution in [2.24, 2.45) is 0 Å². The highest BCUT2D eigenvalue weighted by Gasteiger charge is 2.18. The average molecular weight is 423 g/mol. The summed E-state index contributed by atoms with van der Waals surface area (Å²) in [6.45, 7) is 3.17. The van der Waals surface area contributed by atoms with Gasteiger partial charge in [-0.3, -0.25) is 14.2 Å². The molecule has 1 amide bonds. The number of fused-ring (bicyclic) bond motifs is 1. The van der Waals surface area contributed by atoms with Gasteiger partial charge in [0.25, 0.3) is 5.56 Å². The second-order valence-corrected chi connectivity index (χ2v) is 7.86. The summed E-state index contributed by atoms with van der Waals surface area (Å²) in [6, 6.07) is 13.0. The number of anilines is 1. The summed E-state index contributed by atoms with van der Waals surface area (Å²) in [7, 11) is 0. The van der Waals surface area contributed by atoms with Gasteiger partial charge in [-0.1, -0.05) is 18.2 Å². The van der Waals surface area contributed by atoms with Crippen LogP contribution in [-0.4, -0.2) is 15.0 Å². The number of thiophene rings is 1. The molecule has 1 N–H and O–H groups in total. The van der Waals surface area contributed by atoms with Gasteiger partial charge < -0.3 is 5.32 Å². The van der Waals surface area contributed by atoms with Crippen LogP contribution in [0.3, 0.4) is 0 Å². The van der Waals surface area contributed by atoms with E-state index < -0.39 is 17.1 Å². The molecular weight excluding hydrogens is 405 g/mol. The second kappa shape index (κ2) is 7.72. The Kier molecular flexibility index (Phi) is 5.09. The van der Waals surface area contributed by atoms with Crippen LogP contribution in [0, 0.1) is 19.7 Å². The van der Waals surface area contributed by atoms with Crippen molar-refractivity contribution in [3.8, 4) is 5.69 Å². The Hall–Kier alpha value is -3.52. The Morgan fingerprint density at radius 1 is 1.07 bits per heavy atom. The zero-order valence-corrected chi connectivity index (χ0v) is 17.1. The normalized spacial score (nSPS) is 11.0. The SMILES string of the molecule is Cc1cc(-n2c(=O)c3sccc3n(CC(=O)Nc3ccccc3C)c2=O)ccc1F. The summed E-state index contributed by atoms with van der Waals surface area (Å²) in [5, 5.41) is 4.50. The van der Waals surface area contributed by atoms with Gasteiger partial charge in [0.2, 0.25) is 5.91 Å². The number of carbonyl (C=O) groups is 1. The number of benzene rings is 2. The van der Waals surface area contributed by atoms with Crippen LogP contribution >= 0.6 is 11.3 Å². The molecule has 6 nitrogen and oxygen atoms in total. The van der Waals surface area contributed by atoms with Crippen molar-refractivity contribution in [3.63, 3.8) is 0 Å². The van der Waals surface area contributed by atoms with Crippen molar-refractivity contribution in [1.82, 2.24) is 9.13 Å². The third-order valence-electron chi connectivity index (χ3n) is 4.88. The number of rotatable bonds is 4. The Bertz CT molecular complexity index is 1400. The number of aryl methyl sites for hydroxylation is 2. The monoisotopic (exact) mass is 423 g/mol. The van der Waals surface area contributed by atoms with Crippen molar-refractivity contribution in [2.45, 2.75) is 20.4 Å². The van der Waals surface area contributed by atoms with E-state index >= 15 is 0 Å². The molecule has 0 bridgehead atoms. The molecule has 8 heteroatoms. The van der Waals surface area contributed by atoms with Gasteiger partial charge in [0.15, 0.2) is 0 Å². The molecule has 0 saturated heterocycles. The summed E-state index contributed by atoms with van der Waals surface area (Å²) in [5.41, 5.74) is 1.36. The summed E-state index contributed by atoms with van der Waals surface area (Å²) in [4.78, 5) is 38.8. The first-order valence-electron chi connectivity index (χ1n) is 9.22. The van der Waals surface area contributed by atoms with E-state index in [2.05, 4.69) is 5.32 Å². The van der Waals surface area contributed by atoms with Gasteiger partial charge in [-0.25, -0.2) is 13.8 Å². The minimum absolute atomic E-state index is 0.257. The van der Waals surface area contributed by atoms with E-state index in [1.807, 2.05) is 25.1 Å². The number of aromatic nitrogens is 2. The molecule has 152 valence electrons. The Labute approximate surface area is 174 Å². The van der Waals surface area contributed by atoms with Gasteiger partial charge in [-0.05, 0) is 60.7 Å². The molecule has 2 aromatic carbocycles. The van der Waals surface area contributed by atoms with Gasteiger partial charge in [0.1, 0.15) is 17.1 Å². The number of nitrogens with zero attached hydrogens (tertiary/aromatic N) is 2. The molecule has 0 atom stereocenters. The van der Waals surface area contributed by atoms with Crippen LogP contribution in [-0.2, 0) is 11.3 Å². The quantitative estimate of drug-likeness (QED) is 0.545. The zero-order chi connectivity index (χ0) is 21.4. The van der Waals surface area contributed by atoms with Crippen molar-refractivity contribution >= 4 is 33.1 Å². The molecule has 0 saturated carbocycles.